The highest BCUT2D eigenvalue weighted by atomic mass is 16.5. The molecule has 0 saturated heterocycles. The van der Waals surface area contributed by atoms with Gasteiger partial charge in [-0.1, -0.05) is 6.07 Å². The number of ether oxygens (including phenoxy) is 2. The minimum Gasteiger partial charge on any atom is -0.497 e. The van der Waals surface area contributed by atoms with Gasteiger partial charge in [0.2, 0.25) is 0 Å². The van der Waals surface area contributed by atoms with E-state index in [4.69, 9.17) is 9.47 Å². The quantitative estimate of drug-likeness (QED) is 0.774. The summed E-state index contributed by atoms with van der Waals surface area (Å²) < 4.78 is 10.8. The molecular formula is C18H23NO2. The second-order valence-corrected chi connectivity index (χ2v) is 5.10. The van der Waals surface area contributed by atoms with Gasteiger partial charge in [0.25, 0.3) is 0 Å². The monoisotopic (exact) mass is 285 g/mol. The summed E-state index contributed by atoms with van der Waals surface area (Å²) in [6.07, 6.45) is 0.957. The van der Waals surface area contributed by atoms with Crippen LogP contribution in [-0.4, -0.2) is 20.3 Å². The molecule has 21 heavy (non-hydrogen) atoms. The third kappa shape index (κ3) is 4.71. The second-order valence-electron chi connectivity index (χ2n) is 5.10. The molecular weight excluding hydrogens is 262 g/mol. The molecule has 112 valence electrons. The molecule has 0 amide bonds. The number of hydrogen-bond donors (Lipinski definition) is 1. The van der Waals surface area contributed by atoms with Crippen molar-refractivity contribution in [3.63, 3.8) is 0 Å². The van der Waals surface area contributed by atoms with Crippen LogP contribution in [0.5, 0.6) is 11.5 Å². The summed E-state index contributed by atoms with van der Waals surface area (Å²) in [5.74, 6) is 1.72. The summed E-state index contributed by atoms with van der Waals surface area (Å²) in [7, 11) is 1.66. The Labute approximate surface area is 126 Å². The van der Waals surface area contributed by atoms with Crippen molar-refractivity contribution < 1.29 is 9.47 Å². The lowest BCUT2D eigenvalue weighted by atomic mass is 10.1. The number of methoxy groups -OCH3 is 1. The third-order valence-electron chi connectivity index (χ3n) is 3.49. The summed E-state index contributed by atoms with van der Waals surface area (Å²) >= 11 is 0. The molecule has 2 aromatic rings. The molecule has 0 atom stereocenters. The first kappa shape index (κ1) is 15.2. The fourth-order valence-electron chi connectivity index (χ4n) is 2.02. The van der Waals surface area contributed by atoms with E-state index >= 15 is 0 Å². The molecule has 3 nitrogen and oxygen atoms in total. The SMILES string of the molecule is COc1ccc(OCCCNc2ccc(C)c(C)c2)cc1. The van der Waals surface area contributed by atoms with Crippen molar-refractivity contribution in [3.05, 3.63) is 53.6 Å². The maximum absolute atomic E-state index is 5.69. The first-order valence-electron chi connectivity index (χ1n) is 7.27. The lowest BCUT2D eigenvalue weighted by Crippen LogP contribution is -2.07. The first-order chi connectivity index (χ1) is 10.2. The van der Waals surface area contributed by atoms with E-state index in [1.165, 1.54) is 16.8 Å². The third-order valence-corrected chi connectivity index (χ3v) is 3.49. The van der Waals surface area contributed by atoms with E-state index < -0.39 is 0 Å². The van der Waals surface area contributed by atoms with Gasteiger partial charge >= 0.3 is 0 Å². The van der Waals surface area contributed by atoms with Crippen LogP contribution in [0, 0.1) is 13.8 Å². The number of nitrogens with one attached hydrogen (secondary N) is 1. The zero-order chi connectivity index (χ0) is 15.1. The molecule has 0 aliphatic heterocycles. The smallest absolute Gasteiger partial charge is 0.119 e. The largest absolute Gasteiger partial charge is 0.497 e. The first-order valence-corrected chi connectivity index (χ1v) is 7.27. The van der Waals surface area contributed by atoms with Crippen LogP contribution in [0.4, 0.5) is 5.69 Å². The van der Waals surface area contributed by atoms with Gasteiger partial charge in [-0.25, -0.2) is 0 Å². The van der Waals surface area contributed by atoms with E-state index in [-0.39, 0.29) is 0 Å². The minimum atomic E-state index is 0.699. The molecule has 0 spiro atoms. The van der Waals surface area contributed by atoms with Crippen LogP contribution in [0.25, 0.3) is 0 Å². The predicted molar refractivity (Wildman–Crippen MR) is 87.5 cm³/mol. The van der Waals surface area contributed by atoms with Gasteiger partial charge in [-0.2, -0.15) is 0 Å². The van der Waals surface area contributed by atoms with Crippen molar-refractivity contribution >= 4 is 5.69 Å². The number of benzene rings is 2. The molecule has 0 fully saturated rings. The molecule has 0 aliphatic rings. The lowest BCUT2D eigenvalue weighted by molar-refractivity contribution is 0.314. The fraction of sp³-hybridized carbons (Fsp3) is 0.333. The Morgan fingerprint density at radius 2 is 1.62 bits per heavy atom. The molecule has 0 heterocycles. The van der Waals surface area contributed by atoms with Crippen molar-refractivity contribution in [1.82, 2.24) is 0 Å². The Hall–Kier alpha value is -2.16. The van der Waals surface area contributed by atoms with Gasteiger partial charge in [-0.05, 0) is 67.8 Å². The van der Waals surface area contributed by atoms with Gasteiger partial charge in [-0.3, -0.25) is 0 Å². The average Bonchev–Trinajstić information content (AvgIpc) is 2.51. The standard InChI is InChI=1S/C18H23NO2/c1-14-5-6-16(13-15(14)2)19-11-4-12-21-18-9-7-17(20-3)8-10-18/h5-10,13,19H,4,11-12H2,1-3H3. The van der Waals surface area contributed by atoms with Crippen LogP contribution >= 0.6 is 0 Å². The van der Waals surface area contributed by atoms with E-state index in [1.54, 1.807) is 7.11 Å². The number of rotatable bonds is 7. The molecule has 0 bridgehead atoms. The minimum absolute atomic E-state index is 0.699. The Bertz CT molecular complexity index is 564. The molecule has 2 aromatic carbocycles. The van der Waals surface area contributed by atoms with Crippen molar-refractivity contribution in [3.8, 4) is 11.5 Å². The van der Waals surface area contributed by atoms with Crippen molar-refractivity contribution in [2.45, 2.75) is 20.3 Å². The zero-order valence-corrected chi connectivity index (χ0v) is 13.0. The van der Waals surface area contributed by atoms with Gasteiger partial charge in [0.05, 0.1) is 13.7 Å². The Morgan fingerprint density at radius 3 is 2.29 bits per heavy atom. The number of hydrogen-bond acceptors (Lipinski definition) is 3. The van der Waals surface area contributed by atoms with E-state index in [0.29, 0.717) is 6.61 Å². The van der Waals surface area contributed by atoms with Crippen LogP contribution in [0.2, 0.25) is 0 Å². The predicted octanol–water partition coefficient (Wildman–Crippen LogP) is 4.19. The molecule has 0 unspecified atom stereocenters. The zero-order valence-electron chi connectivity index (χ0n) is 13.0. The van der Waals surface area contributed by atoms with E-state index in [9.17, 15) is 0 Å². The van der Waals surface area contributed by atoms with Gasteiger partial charge < -0.3 is 14.8 Å². The van der Waals surface area contributed by atoms with Crippen LogP contribution in [0.1, 0.15) is 17.5 Å². The van der Waals surface area contributed by atoms with E-state index in [2.05, 4.69) is 37.4 Å². The molecule has 0 aromatic heterocycles. The second kappa shape index (κ2) is 7.58. The molecule has 0 radical (unpaired) electrons. The van der Waals surface area contributed by atoms with Crippen LogP contribution in [-0.2, 0) is 0 Å². The summed E-state index contributed by atoms with van der Waals surface area (Å²) in [6, 6.07) is 14.1. The Balaban J connectivity index is 1.68. The molecule has 0 saturated carbocycles. The van der Waals surface area contributed by atoms with Gasteiger partial charge in [0.1, 0.15) is 11.5 Å². The highest BCUT2D eigenvalue weighted by molar-refractivity contribution is 5.47. The normalized spacial score (nSPS) is 10.2. The molecule has 2 rings (SSSR count). The average molecular weight is 285 g/mol. The van der Waals surface area contributed by atoms with E-state index in [0.717, 1.165) is 24.5 Å². The summed E-state index contributed by atoms with van der Waals surface area (Å²) in [6.45, 7) is 5.86. The van der Waals surface area contributed by atoms with Gasteiger partial charge in [-0.15, -0.1) is 0 Å². The fourth-order valence-corrected chi connectivity index (χ4v) is 2.02. The molecule has 1 N–H and O–H groups in total. The topological polar surface area (TPSA) is 30.5 Å². The summed E-state index contributed by atoms with van der Waals surface area (Å²) in [5, 5.41) is 3.42. The van der Waals surface area contributed by atoms with Crippen LogP contribution in [0.15, 0.2) is 42.5 Å². The molecule has 3 heteroatoms. The van der Waals surface area contributed by atoms with Crippen LogP contribution in [0.3, 0.4) is 0 Å². The number of anilines is 1. The van der Waals surface area contributed by atoms with Crippen molar-refractivity contribution in [2.75, 3.05) is 25.6 Å². The highest BCUT2D eigenvalue weighted by Gasteiger charge is 1.97. The van der Waals surface area contributed by atoms with Crippen LogP contribution < -0.4 is 14.8 Å². The number of aryl methyl sites for hydroxylation is 2. The maximum Gasteiger partial charge on any atom is 0.119 e. The highest BCUT2D eigenvalue weighted by Crippen LogP contribution is 2.17. The van der Waals surface area contributed by atoms with Crippen molar-refractivity contribution in [2.24, 2.45) is 0 Å². The van der Waals surface area contributed by atoms with Gasteiger partial charge in [0.15, 0.2) is 0 Å². The van der Waals surface area contributed by atoms with Gasteiger partial charge in [0, 0.05) is 12.2 Å². The maximum atomic E-state index is 5.69. The summed E-state index contributed by atoms with van der Waals surface area (Å²) in [5.41, 5.74) is 3.81. The van der Waals surface area contributed by atoms with Crippen molar-refractivity contribution in [1.29, 1.82) is 0 Å². The summed E-state index contributed by atoms with van der Waals surface area (Å²) in [4.78, 5) is 0. The Kier molecular flexibility index (Phi) is 5.50. The molecule has 0 aliphatic carbocycles. The lowest BCUT2D eigenvalue weighted by Gasteiger charge is -2.10. The Morgan fingerprint density at radius 1 is 0.905 bits per heavy atom. The van der Waals surface area contributed by atoms with E-state index in [1.807, 2.05) is 24.3 Å².